The Kier molecular flexibility index (Phi) is 6.55. The number of carboxylic acids is 1. The molecule has 1 aromatic heterocycles. The summed E-state index contributed by atoms with van der Waals surface area (Å²) in [7, 11) is 0. The summed E-state index contributed by atoms with van der Waals surface area (Å²) >= 11 is 0. The second-order valence-corrected chi connectivity index (χ2v) is 10.3. The molecule has 7 nitrogen and oxygen atoms in total. The van der Waals surface area contributed by atoms with Crippen LogP contribution in [0.15, 0.2) is 53.3 Å². The average Bonchev–Trinajstić information content (AvgIpc) is 2.84. The second kappa shape index (κ2) is 9.74. The number of amides is 1. The van der Waals surface area contributed by atoms with Crippen LogP contribution < -0.4 is 5.56 Å². The van der Waals surface area contributed by atoms with E-state index in [0.29, 0.717) is 30.5 Å². The van der Waals surface area contributed by atoms with Gasteiger partial charge >= 0.3 is 5.97 Å². The summed E-state index contributed by atoms with van der Waals surface area (Å²) in [6.45, 7) is 4.82. The van der Waals surface area contributed by atoms with Crippen molar-refractivity contribution in [2.24, 2.45) is 17.8 Å². The van der Waals surface area contributed by atoms with Crippen molar-refractivity contribution in [1.82, 2.24) is 14.4 Å². The number of benzene rings is 1. The van der Waals surface area contributed by atoms with Gasteiger partial charge in [0.25, 0.3) is 11.5 Å². The Labute approximate surface area is 200 Å². The van der Waals surface area contributed by atoms with E-state index in [0.717, 1.165) is 51.1 Å². The van der Waals surface area contributed by atoms with Crippen LogP contribution in [-0.2, 0) is 11.3 Å². The maximum Gasteiger partial charge on any atom is 0.303 e. The lowest BCUT2D eigenvalue weighted by molar-refractivity contribution is -0.139. The molecule has 5 rings (SSSR count). The molecule has 4 atom stereocenters. The lowest BCUT2D eigenvalue weighted by Gasteiger charge is -2.44. The number of likely N-dealkylation sites (tertiary alicyclic amines) is 2. The highest BCUT2D eigenvalue weighted by molar-refractivity contribution is 5.94. The molecule has 2 aromatic rings. The van der Waals surface area contributed by atoms with Crippen molar-refractivity contribution in [3.63, 3.8) is 0 Å². The van der Waals surface area contributed by atoms with Crippen molar-refractivity contribution in [2.75, 3.05) is 32.7 Å². The molecule has 180 valence electrons. The van der Waals surface area contributed by atoms with Crippen molar-refractivity contribution in [1.29, 1.82) is 0 Å². The summed E-state index contributed by atoms with van der Waals surface area (Å²) in [5.74, 6) is 0.402. The third-order valence-corrected chi connectivity index (χ3v) is 8.01. The Balaban J connectivity index is 1.25. The number of nitrogens with zero attached hydrogens (tertiary/aromatic N) is 3. The highest BCUT2D eigenvalue weighted by Gasteiger charge is 2.36. The molecule has 2 saturated heterocycles. The number of carbonyl (C=O) groups is 2. The quantitative estimate of drug-likeness (QED) is 0.712. The molecule has 4 unspecified atom stereocenters. The molecule has 2 fully saturated rings. The van der Waals surface area contributed by atoms with Gasteiger partial charge in [-0.25, -0.2) is 0 Å². The van der Waals surface area contributed by atoms with Gasteiger partial charge in [0.15, 0.2) is 0 Å². The molecular weight excluding hydrogens is 430 g/mol. The molecule has 1 amide bonds. The minimum absolute atomic E-state index is 0.0360. The van der Waals surface area contributed by atoms with Crippen molar-refractivity contribution in [3.8, 4) is 0 Å². The van der Waals surface area contributed by atoms with Crippen LogP contribution >= 0.6 is 0 Å². The Bertz CT molecular complexity index is 1100. The van der Waals surface area contributed by atoms with E-state index in [2.05, 4.69) is 11.0 Å². The molecule has 4 heterocycles. The van der Waals surface area contributed by atoms with Crippen molar-refractivity contribution in [2.45, 2.75) is 38.1 Å². The van der Waals surface area contributed by atoms with E-state index in [1.54, 1.807) is 6.07 Å². The molecule has 7 heteroatoms. The van der Waals surface area contributed by atoms with Gasteiger partial charge in [0.2, 0.25) is 0 Å². The number of piperidine rings is 2. The molecule has 3 aliphatic heterocycles. The average molecular weight is 464 g/mol. The van der Waals surface area contributed by atoms with Crippen LogP contribution in [0.4, 0.5) is 0 Å². The summed E-state index contributed by atoms with van der Waals surface area (Å²) in [5, 5.41) is 9.46. The monoisotopic (exact) mass is 463 g/mol. The van der Waals surface area contributed by atoms with Gasteiger partial charge in [-0.1, -0.05) is 24.3 Å². The fourth-order valence-corrected chi connectivity index (χ4v) is 6.38. The molecule has 0 saturated carbocycles. The van der Waals surface area contributed by atoms with Gasteiger partial charge in [0.05, 0.1) is 0 Å². The molecule has 0 aliphatic carbocycles. The zero-order chi connectivity index (χ0) is 23.7. The minimum atomic E-state index is -0.757. The van der Waals surface area contributed by atoms with E-state index in [4.69, 9.17) is 0 Å². The smallest absolute Gasteiger partial charge is 0.303 e. The van der Waals surface area contributed by atoms with E-state index in [1.165, 1.54) is 0 Å². The lowest BCUT2D eigenvalue weighted by atomic mass is 9.80. The molecule has 0 spiro atoms. The van der Waals surface area contributed by atoms with Crippen LogP contribution in [-0.4, -0.2) is 64.1 Å². The fourth-order valence-electron chi connectivity index (χ4n) is 6.38. The Morgan fingerprint density at radius 3 is 2.56 bits per heavy atom. The molecule has 0 radical (unpaired) electrons. The number of aliphatic carboxylic acids is 1. The molecule has 1 aromatic carbocycles. The molecular formula is C27H33N3O4. The van der Waals surface area contributed by atoms with Gasteiger partial charge in [-0.05, 0) is 61.8 Å². The minimum Gasteiger partial charge on any atom is -0.481 e. The van der Waals surface area contributed by atoms with Gasteiger partial charge in [0, 0.05) is 62.4 Å². The summed E-state index contributed by atoms with van der Waals surface area (Å²) < 4.78 is 1.95. The van der Waals surface area contributed by atoms with E-state index in [1.807, 2.05) is 45.9 Å². The number of fused-ring (bicyclic) bond motifs is 4. The van der Waals surface area contributed by atoms with Crippen LogP contribution in [0.2, 0.25) is 0 Å². The second-order valence-electron chi connectivity index (χ2n) is 10.3. The summed E-state index contributed by atoms with van der Waals surface area (Å²) in [5.41, 5.74) is 1.94. The molecule has 3 aliphatic rings. The number of hydrogen-bond acceptors (Lipinski definition) is 4. The number of hydrogen-bond donors (Lipinski definition) is 1. The first kappa shape index (κ1) is 22.8. The summed E-state index contributed by atoms with van der Waals surface area (Å²) in [6, 6.07) is 14.9. The van der Waals surface area contributed by atoms with Crippen LogP contribution in [0.3, 0.4) is 0 Å². The normalized spacial score (nSPS) is 26.6. The number of rotatable bonds is 6. The van der Waals surface area contributed by atoms with Gasteiger partial charge < -0.3 is 19.5 Å². The summed E-state index contributed by atoms with van der Waals surface area (Å²) in [6.07, 6.45) is 2.92. The van der Waals surface area contributed by atoms with Gasteiger partial charge in [-0.2, -0.15) is 0 Å². The SMILES string of the molecule is O=C(O)CC1CCN(C(=O)c2ccccc2)CC1CCN1CC2CC(C1)c1cccc(=O)n1C2. The first-order valence-corrected chi connectivity index (χ1v) is 12.5. The zero-order valence-electron chi connectivity index (χ0n) is 19.5. The summed E-state index contributed by atoms with van der Waals surface area (Å²) in [4.78, 5) is 41.2. The van der Waals surface area contributed by atoms with Gasteiger partial charge in [0.1, 0.15) is 0 Å². The van der Waals surface area contributed by atoms with Gasteiger partial charge in [-0.15, -0.1) is 0 Å². The van der Waals surface area contributed by atoms with E-state index in [9.17, 15) is 19.5 Å². The first-order chi connectivity index (χ1) is 16.5. The third-order valence-electron chi connectivity index (χ3n) is 8.01. The van der Waals surface area contributed by atoms with Crippen molar-refractivity contribution < 1.29 is 14.7 Å². The Morgan fingerprint density at radius 2 is 1.76 bits per heavy atom. The Hall–Kier alpha value is -2.93. The number of pyridine rings is 1. The van der Waals surface area contributed by atoms with Crippen molar-refractivity contribution in [3.05, 3.63) is 70.1 Å². The molecule has 2 bridgehead atoms. The van der Waals surface area contributed by atoms with E-state index < -0.39 is 5.97 Å². The maximum atomic E-state index is 13.0. The highest BCUT2D eigenvalue weighted by Crippen LogP contribution is 2.36. The van der Waals surface area contributed by atoms with Crippen LogP contribution in [0.25, 0.3) is 0 Å². The van der Waals surface area contributed by atoms with Crippen LogP contribution in [0.5, 0.6) is 0 Å². The number of carbonyl (C=O) groups excluding carboxylic acids is 1. The zero-order valence-corrected chi connectivity index (χ0v) is 19.5. The van der Waals surface area contributed by atoms with Crippen molar-refractivity contribution >= 4 is 11.9 Å². The maximum absolute atomic E-state index is 13.0. The third kappa shape index (κ3) is 4.80. The predicted molar refractivity (Wildman–Crippen MR) is 129 cm³/mol. The largest absolute Gasteiger partial charge is 0.481 e. The van der Waals surface area contributed by atoms with E-state index >= 15 is 0 Å². The topological polar surface area (TPSA) is 82.8 Å². The lowest BCUT2D eigenvalue weighted by Crippen LogP contribution is -2.49. The predicted octanol–water partition coefficient (Wildman–Crippen LogP) is 2.91. The first-order valence-electron chi connectivity index (χ1n) is 12.5. The fraction of sp³-hybridized carbons (Fsp3) is 0.519. The highest BCUT2D eigenvalue weighted by atomic mass is 16.4. The number of aromatic nitrogens is 1. The Morgan fingerprint density at radius 1 is 0.941 bits per heavy atom. The van der Waals surface area contributed by atoms with Gasteiger partial charge in [-0.3, -0.25) is 14.4 Å². The number of carboxylic acid groups (broad SMARTS) is 1. The molecule has 34 heavy (non-hydrogen) atoms. The van der Waals surface area contributed by atoms with Crippen LogP contribution in [0.1, 0.15) is 47.7 Å². The van der Waals surface area contributed by atoms with E-state index in [-0.39, 0.29) is 29.7 Å². The molecule has 1 N–H and O–H groups in total. The standard InChI is InChI=1S/C27H33N3O4/c31-25-8-4-7-24-23-13-19(16-30(24)25)15-28(17-23)11-9-22-18-29(12-10-21(22)14-26(32)33)27(34)20-5-2-1-3-6-20/h1-8,19,21-23H,9-18H2,(H,32,33). The van der Waals surface area contributed by atoms with Crippen LogP contribution in [0, 0.1) is 17.8 Å².